The summed E-state index contributed by atoms with van der Waals surface area (Å²) in [5.74, 6) is -0.104. The number of nitrogens with zero attached hydrogens (tertiary/aromatic N) is 3. The minimum Gasteiger partial charge on any atom is -0.387 e. The van der Waals surface area contributed by atoms with Crippen molar-refractivity contribution in [1.82, 2.24) is 14.8 Å². The van der Waals surface area contributed by atoms with Gasteiger partial charge in [0.2, 0.25) is 5.91 Å². The molecule has 0 saturated carbocycles. The van der Waals surface area contributed by atoms with E-state index < -0.39 is 6.10 Å². The molecule has 2 aromatic rings. The number of aliphatic hydroxyl groups excluding tert-OH is 1. The summed E-state index contributed by atoms with van der Waals surface area (Å²) < 4.78 is 0. The van der Waals surface area contributed by atoms with Crippen LogP contribution in [0.3, 0.4) is 0 Å². The second kappa shape index (κ2) is 7.48. The highest BCUT2D eigenvalue weighted by molar-refractivity contribution is 5.92. The molecule has 1 N–H and O–H groups in total. The normalized spacial score (nSPS) is 20.3. The Morgan fingerprint density at radius 1 is 1.00 bits per heavy atom. The third-order valence-corrected chi connectivity index (χ3v) is 5.50. The number of β-amino-alcohol motifs (C(OH)–C–C–N with tert-alkyl or cyclic N) is 1. The molecule has 1 saturated heterocycles. The molecule has 6 nitrogen and oxygen atoms in total. The van der Waals surface area contributed by atoms with Gasteiger partial charge in [-0.25, -0.2) is 0 Å². The summed E-state index contributed by atoms with van der Waals surface area (Å²) in [6, 6.07) is 13.0. The molecule has 2 aliphatic rings. The lowest BCUT2D eigenvalue weighted by Crippen LogP contribution is -2.46. The molecule has 0 spiro atoms. The monoisotopic (exact) mass is 365 g/mol. The van der Waals surface area contributed by atoms with E-state index in [2.05, 4.69) is 4.98 Å². The topological polar surface area (TPSA) is 73.7 Å². The summed E-state index contributed by atoms with van der Waals surface area (Å²) >= 11 is 0. The first-order valence-electron chi connectivity index (χ1n) is 9.38. The van der Waals surface area contributed by atoms with Crippen molar-refractivity contribution in [1.29, 1.82) is 0 Å². The Morgan fingerprint density at radius 2 is 1.74 bits per heavy atom. The van der Waals surface area contributed by atoms with Crippen LogP contribution in [0.25, 0.3) is 0 Å². The van der Waals surface area contributed by atoms with Crippen LogP contribution < -0.4 is 0 Å². The molecule has 0 bridgehead atoms. The van der Waals surface area contributed by atoms with Crippen molar-refractivity contribution in [2.45, 2.75) is 25.5 Å². The van der Waals surface area contributed by atoms with Crippen LogP contribution in [0.15, 0.2) is 48.7 Å². The molecule has 6 heteroatoms. The zero-order chi connectivity index (χ0) is 18.8. The van der Waals surface area contributed by atoms with Gasteiger partial charge < -0.3 is 14.9 Å². The Kier molecular flexibility index (Phi) is 4.90. The molecule has 27 heavy (non-hydrogen) atoms. The second-order valence-corrected chi connectivity index (χ2v) is 7.21. The van der Waals surface area contributed by atoms with E-state index in [0.717, 1.165) is 11.1 Å². The third kappa shape index (κ3) is 3.57. The molecule has 2 aliphatic heterocycles. The van der Waals surface area contributed by atoms with Gasteiger partial charge in [-0.3, -0.25) is 14.6 Å². The molecule has 2 amide bonds. The smallest absolute Gasteiger partial charge is 0.272 e. The summed E-state index contributed by atoms with van der Waals surface area (Å²) in [6.07, 6.45) is 2.27. The average Bonchev–Trinajstić information content (AvgIpc) is 2.73. The maximum atomic E-state index is 13.0. The molecule has 1 atom stereocenters. The second-order valence-electron chi connectivity index (χ2n) is 7.21. The first kappa shape index (κ1) is 17.7. The standard InChI is InChI=1S/C21H23N3O3/c25-19-14-24(13-16-5-1-2-6-17(16)19)20(26)15-8-11-23(12-9-15)21(27)18-7-3-4-10-22-18/h1-7,10,15,19,25H,8-9,11-14H2. The van der Waals surface area contributed by atoms with E-state index in [1.54, 1.807) is 34.2 Å². The van der Waals surface area contributed by atoms with E-state index >= 15 is 0 Å². The number of likely N-dealkylation sites (tertiary alicyclic amines) is 1. The fraction of sp³-hybridized carbons (Fsp3) is 0.381. The first-order valence-corrected chi connectivity index (χ1v) is 9.38. The highest BCUT2D eigenvalue weighted by Crippen LogP contribution is 2.29. The lowest BCUT2D eigenvalue weighted by atomic mass is 9.92. The van der Waals surface area contributed by atoms with Crippen molar-refractivity contribution in [2.24, 2.45) is 5.92 Å². The van der Waals surface area contributed by atoms with Gasteiger partial charge in [0, 0.05) is 31.7 Å². The van der Waals surface area contributed by atoms with Crippen LogP contribution in [0.4, 0.5) is 0 Å². The van der Waals surface area contributed by atoms with Gasteiger partial charge in [-0.2, -0.15) is 0 Å². The number of hydrogen-bond acceptors (Lipinski definition) is 4. The van der Waals surface area contributed by atoms with Crippen molar-refractivity contribution in [3.63, 3.8) is 0 Å². The van der Waals surface area contributed by atoms with E-state index in [0.29, 0.717) is 44.7 Å². The molecule has 4 rings (SSSR count). The van der Waals surface area contributed by atoms with Gasteiger partial charge in [-0.15, -0.1) is 0 Å². The molecule has 1 fully saturated rings. The number of piperidine rings is 1. The van der Waals surface area contributed by atoms with Crippen LogP contribution in [-0.4, -0.2) is 51.3 Å². The van der Waals surface area contributed by atoms with E-state index in [9.17, 15) is 14.7 Å². The fourth-order valence-corrected chi connectivity index (χ4v) is 3.99. The predicted octanol–water partition coefficient (Wildman–Crippen LogP) is 2.01. The summed E-state index contributed by atoms with van der Waals surface area (Å²) in [5.41, 5.74) is 2.36. The minimum absolute atomic E-state index is 0.0773. The van der Waals surface area contributed by atoms with Gasteiger partial charge in [-0.05, 0) is 36.1 Å². The molecule has 1 unspecified atom stereocenters. The number of rotatable bonds is 2. The number of amides is 2. The van der Waals surface area contributed by atoms with Crippen molar-refractivity contribution >= 4 is 11.8 Å². The predicted molar refractivity (Wildman–Crippen MR) is 99.7 cm³/mol. The Balaban J connectivity index is 1.37. The fourth-order valence-electron chi connectivity index (χ4n) is 3.99. The summed E-state index contributed by atoms with van der Waals surface area (Å²) in [4.78, 5) is 33.1. The molecule has 140 valence electrons. The van der Waals surface area contributed by atoms with Gasteiger partial charge in [0.1, 0.15) is 5.69 Å². The summed E-state index contributed by atoms with van der Waals surface area (Å²) in [5, 5.41) is 10.4. The van der Waals surface area contributed by atoms with Crippen LogP contribution >= 0.6 is 0 Å². The van der Waals surface area contributed by atoms with E-state index in [1.807, 2.05) is 24.3 Å². The molecule has 1 aromatic carbocycles. The van der Waals surface area contributed by atoms with E-state index in [-0.39, 0.29) is 17.7 Å². The lowest BCUT2D eigenvalue weighted by molar-refractivity contribution is -0.139. The Morgan fingerprint density at radius 3 is 2.48 bits per heavy atom. The maximum absolute atomic E-state index is 13.0. The number of hydrogen-bond donors (Lipinski definition) is 1. The third-order valence-electron chi connectivity index (χ3n) is 5.50. The number of carbonyl (C=O) groups excluding carboxylic acids is 2. The van der Waals surface area contributed by atoms with Crippen LogP contribution in [-0.2, 0) is 11.3 Å². The van der Waals surface area contributed by atoms with Crippen LogP contribution in [0.1, 0.15) is 40.6 Å². The number of pyridine rings is 1. The highest BCUT2D eigenvalue weighted by atomic mass is 16.3. The van der Waals surface area contributed by atoms with Crippen LogP contribution in [0.5, 0.6) is 0 Å². The zero-order valence-corrected chi connectivity index (χ0v) is 15.1. The summed E-state index contributed by atoms with van der Waals surface area (Å²) in [7, 11) is 0. The number of aromatic nitrogens is 1. The van der Waals surface area contributed by atoms with Crippen LogP contribution in [0, 0.1) is 5.92 Å². The highest BCUT2D eigenvalue weighted by Gasteiger charge is 2.33. The first-order chi connectivity index (χ1) is 13.1. The quantitative estimate of drug-likeness (QED) is 0.884. The molecule has 1 aromatic heterocycles. The molecule has 0 aliphatic carbocycles. The lowest BCUT2D eigenvalue weighted by Gasteiger charge is -2.37. The van der Waals surface area contributed by atoms with Crippen molar-refractivity contribution in [3.8, 4) is 0 Å². The zero-order valence-electron chi connectivity index (χ0n) is 15.1. The maximum Gasteiger partial charge on any atom is 0.272 e. The van der Waals surface area contributed by atoms with Crippen LogP contribution in [0.2, 0.25) is 0 Å². The van der Waals surface area contributed by atoms with Gasteiger partial charge in [0.05, 0.1) is 12.6 Å². The Bertz CT molecular complexity index is 832. The van der Waals surface area contributed by atoms with Gasteiger partial charge in [0.15, 0.2) is 0 Å². The van der Waals surface area contributed by atoms with E-state index in [4.69, 9.17) is 0 Å². The minimum atomic E-state index is -0.635. The molecule has 0 radical (unpaired) electrons. The Labute approximate surface area is 158 Å². The van der Waals surface area contributed by atoms with Crippen molar-refractivity contribution in [2.75, 3.05) is 19.6 Å². The number of fused-ring (bicyclic) bond motifs is 1. The Hall–Kier alpha value is -2.73. The SMILES string of the molecule is O=C(c1ccccn1)N1CCC(C(=O)N2Cc3ccccc3C(O)C2)CC1. The van der Waals surface area contributed by atoms with E-state index in [1.165, 1.54) is 0 Å². The van der Waals surface area contributed by atoms with Crippen molar-refractivity contribution < 1.29 is 14.7 Å². The average molecular weight is 365 g/mol. The van der Waals surface area contributed by atoms with Gasteiger partial charge >= 0.3 is 0 Å². The number of aliphatic hydroxyl groups is 1. The number of carbonyl (C=O) groups is 2. The largest absolute Gasteiger partial charge is 0.387 e. The van der Waals surface area contributed by atoms with Crippen molar-refractivity contribution in [3.05, 3.63) is 65.5 Å². The van der Waals surface area contributed by atoms with Gasteiger partial charge in [-0.1, -0.05) is 30.3 Å². The van der Waals surface area contributed by atoms with Gasteiger partial charge in [0.25, 0.3) is 5.91 Å². The molecular formula is C21H23N3O3. The summed E-state index contributed by atoms with van der Waals surface area (Å²) in [6.45, 7) is 1.99. The number of benzene rings is 1. The molecular weight excluding hydrogens is 342 g/mol. The molecule has 3 heterocycles.